The van der Waals surface area contributed by atoms with Gasteiger partial charge in [-0.1, -0.05) is 0 Å². The van der Waals surface area contributed by atoms with Gasteiger partial charge in [-0.25, -0.2) is 0 Å². The number of hydrogen-bond donors (Lipinski definition) is 0. The van der Waals surface area contributed by atoms with E-state index >= 15 is 0 Å². The Kier molecular flexibility index (Phi) is 4.51. The Bertz CT molecular complexity index is 615. The average Bonchev–Trinajstić information content (AvgIpc) is 2.99. The highest BCUT2D eigenvalue weighted by atomic mass is 16.2. The molecule has 0 saturated carbocycles. The van der Waals surface area contributed by atoms with E-state index in [0.29, 0.717) is 18.9 Å². The third kappa shape index (κ3) is 3.53. The van der Waals surface area contributed by atoms with Gasteiger partial charge in [0.05, 0.1) is 6.20 Å². The molecule has 0 bridgehead atoms. The molecule has 1 saturated heterocycles. The average molecular weight is 298 g/mol. The van der Waals surface area contributed by atoms with Gasteiger partial charge in [-0.3, -0.25) is 14.5 Å². The van der Waals surface area contributed by atoms with Gasteiger partial charge in [0.2, 0.25) is 5.91 Å². The van der Waals surface area contributed by atoms with Crippen molar-refractivity contribution in [3.63, 3.8) is 0 Å². The van der Waals surface area contributed by atoms with Crippen molar-refractivity contribution in [1.29, 1.82) is 0 Å². The molecule has 1 aliphatic heterocycles. The third-order valence-corrected chi connectivity index (χ3v) is 4.34. The van der Waals surface area contributed by atoms with Crippen molar-refractivity contribution in [3.05, 3.63) is 48.0 Å². The van der Waals surface area contributed by atoms with Crippen LogP contribution in [0.4, 0.5) is 0 Å². The molecule has 0 aliphatic carbocycles. The smallest absolute Gasteiger partial charge is 0.224 e. The molecule has 2 aromatic heterocycles. The van der Waals surface area contributed by atoms with Gasteiger partial charge in [-0.2, -0.15) is 5.10 Å². The Morgan fingerprint density at radius 3 is 2.64 bits per heavy atom. The predicted octanol–water partition coefficient (Wildman–Crippen LogP) is 2.38. The van der Waals surface area contributed by atoms with Gasteiger partial charge in [-0.05, 0) is 48.9 Å². The maximum atomic E-state index is 12.3. The number of nitrogens with zero attached hydrogens (tertiary/aromatic N) is 4. The number of amides is 1. The molecule has 0 unspecified atom stereocenters. The van der Waals surface area contributed by atoms with E-state index < -0.39 is 0 Å². The summed E-state index contributed by atoms with van der Waals surface area (Å²) in [6, 6.07) is 4.17. The Hall–Kier alpha value is -2.17. The van der Waals surface area contributed by atoms with E-state index in [1.165, 1.54) is 5.56 Å². The number of pyridine rings is 1. The topological polar surface area (TPSA) is 51.0 Å². The monoisotopic (exact) mass is 298 g/mol. The minimum absolute atomic E-state index is 0.237. The molecule has 1 fully saturated rings. The van der Waals surface area contributed by atoms with Crippen LogP contribution in [-0.4, -0.2) is 38.7 Å². The first kappa shape index (κ1) is 14.8. The lowest BCUT2D eigenvalue weighted by molar-refractivity contribution is -0.132. The van der Waals surface area contributed by atoms with Crippen LogP contribution in [0.5, 0.6) is 0 Å². The van der Waals surface area contributed by atoms with Gasteiger partial charge < -0.3 is 4.90 Å². The summed E-state index contributed by atoms with van der Waals surface area (Å²) in [5.41, 5.74) is 2.47. The van der Waals surface area contributed by atoms with E-state index in [1.54, 1.807) is 0 Å². The maximum absolute atomic E-state index is 12.3. The minimum atomic E-state index is 0.237. The molecule has 22 heavy (non-hydrogen) atoms. The molecule has 2 aromatic rings. The molecule has 0 aromatic carbocycles. The first-order chi connectivity index (χ1) is 10.7. The zero-order valence-electron chi connectivity index (χ0n) is 13.0. The number of piperidine rings is 1. The quantitative estimate of drug-likeness (QED) is 0.871. The van der Waals surface area contributed by atoms with E-state index in [1.807, 2.05) is 41.3 Å². The van der Waals surface area contributed by atoms with Gasteiger partial charge in [0.15, 0.2) is 0 Å². The van der Waals surface area contributed by atoms with Crippen LogP contribution in [0, 0.1) is 6.92 Å². The summed E-state index contributed by atoms with van der Waals surface area (Å²) in [5, 5.41) is 4.22. The molecule has 5 nitrogen and oxygen atoms in total. The lowest BCUT2D eigenvalue weighted by atomic mass is 9.90. The third-order valence-electron chi connectivity index (χ3n) is 4.34. The largest absolute Gasteiger partial charge is 0.343 e. The molecular weight excluding hydrogens is 276 g/mol. The van der Waals surface area contributed by atoms with Gasteiger partial charge in [0, 0.05) is 44.6 Å². The molecule has 1 amide bonds. The summed E-state index contributed by atoms with van der Waals surface area (Å²) >= 11 is 0. The molecule has 5 heteroatoms. The van der Waals surface area contributed by atoms with E-state index in [0.717, 1.165) is 31.5 Å². The number of carbonyl (C=O) groups is 1. The van der Waals surface area contributed by atoms with Gasteiger partial charge in [0.25, 0.3) is 0 Å². The molecule has 0 spiro atoms. The second-order valence-electron chi connectivity index (χ2n) is 5.97. The first-order valence-corrected chi connectivity index (χ1v) is 7.89. The summed E-state index contributed by atoms with van der Waals surface area (Å²) in [6.45, 7) is 4.38. The maximum Gasteiger partial charge on any atom is 0.224 e. The zero-order valence-corrected chi connectivity index (χ0v) is 13.0. The van der Waals surface area contributed by atoms with E-state index in [-0.39, 0.29) is 5.91 Å². The normalized spacial score (nSPS) is 16.0. The van der Waals surface area contributed by atoms with Crippen molar-refractivity contribution in [2.24, 2.45) is 0 Å². The van der Waals surface area contributed by atoms with Gasteiger partial charge >= 0.3 is 0 Å². The Labute approximate surface area is 131 Å². The van der Waals surface area contributed by atoms with Gasteiger partial charge in [-0.15, -0.1) is 0 Å². The van der Waals surface area contributed by atoms with Crippen molar-refractivity contribution in [3.8, 4) is 0 Å². The van der Waals surface area contributed by atoms with Crippen molar-refractivity contribution in [2.45, 2.75) is 38.6 Å². The Balaban J connectivity index is 1.47. The van der Waals surface area contributed by atoms with Crippen LogP contribution in [0.25, 0.3) is 0 Å². The second kappa shape index (κ2) is 6.73. The van der Waals surface area contributed by atoms with Crippen LogP contribution >= 0.6 is 0 Å². The van der Waals surface area contributed by atoms with Crippen LogP contribution in [0.15, 0.2) is 36.9 Å². The Morgan fingerprint density at radius 2 is 2.00 bits per heavy atom. The second-order valence-corrected chi connectivity index (χ2v) is 5.97. The number of rotatable bonds is 4. The highest BCUT2D eigenvalue weighted by Gasteiger charge is 2.23. The van der Waals surface area contributed by atoms with E-state index in [2.05, 4.69) is 22.2 Å². The lowest BCUT2D eigenvalue weighted by Crippen LogP contribution is -2.38. The van der Waals surface area contributed by atoms with Crippen LogP contribution in [0.2, 0.25) is 0 Å². The Morgan fingerprint density at radius 1 is 1.27 bits per heavy atom. The minimum Gasteiger partial charge on any atom is -0.343 e. The summed E-state index contributed by atoms with van der Waals surface area (Å²) in [7, 11) is 0. The molecule has 116 valence electrons. The number of likely N-dealkylation sites (tertiary alicyclic amines) is 1. The van der Waals surface area contributed by atoms with Crippen LogP contribution < -0.4 is 0 Å². The van der Waals surface area contributed by atoms with Crippen molar-refractivity contribution in [2.75, 3.05) is 13.1 Å². The zero-order chi connectivity index (χ0) is 15.4. The van der Waals surface area contributed by atoms with Crippen molar-refractivity contribution in [1.82, 2.24) is 19.7 Å². The highest BCUT2D eigenvalue weighted by Crippen LogP contribution is 2.27. The number of hydrogen-bond acceptors (Lipinski definition) is 3. The molecule has 3 rings (SSSR count). The molecule has 3 heterocycles. The van der Waals surface area contributed by atoms with E-state index in [9.17, 15) is 4.79 Å². The molecule has 0 atom stereocenters. The van der Waals surface area contributed by atoms with Gasteiger partial charge in [0.1, 0.15) is 0 Å². The molecule has 1 aliphatic rings. The summed E-state index contributed by atoms with van der Waals surface area (Å²) in [4.78, 5) is 18.4. The SMILES string of the molecule is Cc1cnn(CCC(=O)N2CCC(c3ccncc3)CC2)c1. The summed E-state index contributed by atoms with van der Waals surface area (Å²) in [6.07, 6.45) is 10.1. The lowest BCUT2D eigenvalue weighted by Gasteiger charge is -2.32. The molecule has 0 radical (unpaired) electrons. The fraction of sp³-hybridized carbons (Fsp3) is 0.471. The van der Waals surface area contributed by atoms with Crippen LogP contribution in [0.3, 0.4) is 0 Å². The number of aromatic nitrogens is 3. The summed E-state index contributed by atoms with van der Waals surface area (Å²) in [5.74, 6) is 0.794. The molecular formula is C17H22N4O. The van der Waals surface area contributed by atoms with Crippen LogP contribution in [-0.2, 0) is 11.3 Å². The number of carbonyl (C=O) groups excluding carboxylic acids is 1. The van der Waals surface area contributed by atoms with Crippen molar-refractivity contribution < 1.29 is 4.79 Å². The fourth-order valence-corrected chi connectivity index (χ4v) is 3.06. The van der Waals surface area contributed by atoms with Crippen molar-refractivity contribution >= 4 is 5.91 Å². The van der Waals surface area contributed by atoms with Crippen LogP contribution in [0.1, 0.15) is 36.3 Å². The fourth-order valence-electron chi connectivity index (χ4n) is 3.06. The van der Waals surface area contributed by atoms with E-state index in [4.69, 9.17) is 0 Å². The summed E-state index contributed by atoms with van der Waals surface area (Å²) < 4.78 is 1.84. The predicted molar refractivity (Wildman–Crippen MR) is 84.4 cm³/mol. The highest BCUT2D eigenvalue weighted by molar-refractivity contribution is 5.76. The number of aryl methyl sites for hydroxylation is 2. The first-order valence-electron chi connectivity index (χ1n) is 7.89. The molecule has 0 N–H and O–H groups in total. The standard InChI is InChI=1S/C17H22N4O/c1-14-12-19-21(13-14)11-6-17(22)20-9-4-16(5-10-20)15-2-7-18-8-3-15/h2-3,7-8,12-13,16H,4-6,9-11H2,1H3.